The van der Waals surface area contributed by atoms with Gasteiger partial charge >= 0.3 is 0 Å². The Hall–Kier alpha value is -3.96. The van der Waals surface area contributed by atoms with Gasteiger partial charge in [0.15, 0.2) is 0 Å². The first-order valence-electron chi connectivity index (χ1n) is 10.7. The molecule has 3 heterocycles. The summed E-state index contributed by atoms with van der Waals surface area (Å²) in [7, 11) is 0. The highest BCUT2D eigenvalue weighted by Crippen LogP contribution is 2.27. The van der Waals surface area contributed by atoms with Crippen LogP contribution in [0.25, 0.3) is 11.7 Å². The number of hydrogen-bond acceptors (Lipinski definition) is 6. The average molecular weight is 444 g/mol. The maximum absolute atomic E-state index is 13.4. The summed E-state index contributed by atoms with van der Waals surface area (Å²) in [4.78, 5) is 30.6. The van der Waals surface area contributed by atoms with Crippen LogP contribution in [0.4, 0.5) is 0 Å². The molecular weight excluding hydrogens is 420 g/mol. The van der Waals surface area contributed by atoms with E-state index in [0.717, 1.165) is 24.0 Å². The SMILES string of the molecule is Cc1ccccc1Oc1nc2c(C)cccn2c(=O)c1/C=C(\C#N)C(=O)NC[C@@H]1CCCO1. The molecule has 1 saturated heterocycles. The van der Waals surface area contributed by atoms with Crippen molar-refractivity contribution in [2.45, 2.75) is 32.8 Å². The lowest BCUT2D eigenvalue weighted by molar-refractivity contribution is -0.117. The molecule has 8 nitrogen and oxygen atoms in total. The van der Waals surface area contributed by atoms with Crippen molar-refractivity contribution in [3.63, 3.8) is 0 Å². The molecule has 2 aromatic heterocycles. The molecule has 1 aromatic carbocycles. The number of carbonyl (C=O) groups is 1. The van der Waals surface area contributed by atoms with Gasteiger partial charge in [-0.05, 0) is 56.0 Å². The van der Waals surface area contributed by atoms with E-state index < -0.39 is 11.5 Å². The van der Waals surface area contributed by atoms with Crippen molar-refractivity contribution in [2.24, 2.45) is 0 Å². The van der Waals surface area contributed by atoms with Crippen LogP contribution in [0.3, 0.4) is 0 Å². The lowest BCUT2D eigenvalue weighted by Crippen LogP contribution is -2.32. The van der Waals surface area contributed by atoms with Crippen LogP contribution in [0, 0.1) is 25.2 Å². The van der Waals surface area contributed by atoms with Gasteiger partial charge in [0, 0.05) is 19.3 Å². The summed E-state index contributed by atoms with van der Waals surface area (Å²) >= 11 is 0. The van der Waals surface area contributed by atoms with Gasteiger partial charge in [0.05, 0.1) is 6.10 Å². The van der Waals surface area contributed by atoms with Crippen LogP contribution < -0.4 is 15.6 Å². The molecule has 1 aliphatic heterocycles. The van der Waals surface area contributed by atoms with E-state index in [4.69, 9.17) is 9.47 Å². The Kier molecular flexibility index (Phi) is 6.52. The summed E-state index contributed by atoms with van der Waals surface area (Å²) < 4.78 is 12.9. The zero-order valence-electron chi connectivity index (χ0n) is 18.5. The zero-order valence-corrected chi connectivity index (χ0v) is 18.5. The van der Waals surface area contributed by atoms with Crippen LogP contribution in [-0.4, -0.2) is 34.5 Å². The predicted octanol–water partition coefficient (Wildman–Crippen LogP) is 3.31. The van der Waals surface area contributed by atoms with Gasteiger partial charge in [0.2, 0.25) is 5.88 Å². The topological polar surface area (TPSA) is 106 Å². The first-order valence-corrected chi connectivity index (χ1v) is 10.7. The largest absolute Gasteiger partial charge is 0.438 e. The molecule has 1 aliphatic rings. The van der Waals surface area contributed by atoms with E-state index in [2.05, 4.69) is 10.3 Å². The van der Waals surface area contributed by atoms with E-state index in [-0.39, 0.29) is 23.1 Å². The number of para-hydroxylation sites is 1. The molecule has 168 valence electrons. The Bertz CT molecular complexity index is 1330. The van der Waals surface area contributed by atoms with Gasteiger partial charge in [-0.2, -0.15) is 10.2 Å². The van der Waals surface area contributed by atoms with Gasteiger partial charge < -0.3 is 14.8 Å². The molecule has 3 aromatic rings. The summed E-state index contributed by atoms with van der Waals surface area (Å²) in [6, 6.07) is 12.8. The molecule has 0 radical (unpaired) electrons. The number of aromatic nitrogens is 2. The standard InChI is InChI=1S/C25H24N4O4/c1-16-7-3-4-10-21(16)33-24-20(25(31)29-11-5-8-17(2)22(29)28-24)13-18(14-26)23(30)27-15-19-9-6-12-32-19/h3-5,7-8,10-11,13,19H,6,9,12,15H2,1-2H3,(H,27,30)/b18-13+/t19-/m0/s1. The van der Waals surface area contributed by atoms with Crippen LogP contribution >= 0.6 is 0 Å². The molecule has 1 fully saturated rings. The van der Waals surface area contributed by atoms with Crippen LogP contribution in [0.5, 0.6) is 11.6 Å². The monoisotopic (exact) mass is 444 g/mol. The number of rotatable bonds is 6. The summed E-state index contributed by atoms with van der Waals surface area (Å²) in [6.07, 6.45) is 4.57. The maximum atomic E-state index is 13.4. The van der Waals surface area contributed by atoms with Crippen molar-refractivity contribution < 1.29 is 14.3 Å². The second kappa shape index (κ2) is 9.67. The number of amides is 1. The van der Waals surface area contributed by atoms with Crippen molar-refractivity contribution >= 4 is 17.6 Å². The molecule has 4 rings (SSSR count). The summed E-state index contributed by atoms with van der Waals surface area (Å²) in [6.45, 7) is 4.69. The van der Waals surface area contributed by atoms with Crippen LogP contribution in [0.1, 0.15) is 29.5 Å². The third-order valence-corrected chi connectivity index (χ3v) is 5.52. The smallest absolute Gasteiger partial charge is 0.269 e. The van der Waals surface area contributed by atoms with Gasteiger partial charge in [-0.25, -0.2) is 0 Å². The van der Waals surface area contributed by atoms with Gasteiger partial charge in [-0.3, -0.25) is 14.0 Å². The van der Waals surface area contributed by atoms with Gasteiger partial charge in [-0.1, -0.05) is 24.3 Å². The van der Waals surface area contributed by atoms with E-state index in [0.29, 0.717) is 24.5 Å². The zero-order chi connectivity index (χ0) is 23.4. The molecule has 1 atom stereocenters. The van der Waals surface area contributed by atoms with Crippen molar-refractivity contribution in [3.05, 3.63) is 75.2 Å². The number of nitrogens with zero attached hydrogens (tertiary/aromatic N) is 3. The number of carbonyl (C=O) groups excluding carboxylic acids is 1. The molecule has 0 unspecified atom stereocenters. The quantitative estimate of drug-likeness (QED) is 0.462. The first kappa shape index (κ1) is 22.2. The third-order valence-electron chi connectivity index (χ3n) is 5.52. The van der Waals surface area contributed by atoms with E-state index in [9.17, 15) is 14.9 Å². The van der Waals surface area contributed by atoms with E-state index in [1.165, 1.54) is 10.5 Å². The van der Waals surface area contributed by atoms with Crippen LogP contribution in [0.15, 0.2) is 53.0 Å². The number of fused-ring (bicyclic) bond motifs is 1. The predicted molar refractivity (Wildman–Crippen MR) is 123 cm³/mol. The Morgan fingerprint density at radius 2 is 2.09 bits per heavy atom. The highest BCUT2D eigenvalue weighted by molar-refractivity contribution is 6.01. The third kappa shape index (κ3) is 4.78. The molecule has 1 N–H and O–H groups in total. The average Bonchev–Trinajstić information content (AvgIpc) is 3.33. The molecule has 1 amide bonds. The highest BCUT2D eigenvalue weighted by Gasteiger charge is 2.20. The molecule has 0 bridgehead atoms. The fourth-order valence-corrected chi connectivity index (χ4v) is 3.67. The maximum Gasteiger partial charge on any atom is 0.269 e. The lowest BCUT2D eigenvalue weighted by atomic mass is 10.1. The number of aryl methyl sites for hydroxylation is 2. The number of benzene rings is 1. The van der Waals surface area contributed by atoms with E-state index in [1.807, 2.05) is 44.2 Å². The van der Waals surface area contributed by atoms with Gasteiger partial charge in [0.1, 0.15) is 28.6 Å². The van der Waals surface area contributed by atoms with E-state index >= 15 is 0 Å². The number of pyridine rings is 1. The first-order chi connectivity index (χ1) is 16.0. The van der Waals surface area contributed by atoms with E-state index in [1.54, 1.807) is 18.3 Å². The normalized spacial score (nSPS) is 15.9. The molecule has 33 heavy (non-hydrogen) atoms. The van der Waals surface area contributed by atoms with Crippen LogP contribution in [-0.2, 0) is 9.53 Å². The van der Waals surface area contributed by atoms with Gasteiger partial charge in [-0.15, -0.1) is 0 Å². The minimum atomic E-state index is -0.580. The number of nitrogens with one attached hydrogen (secondary N) is 1. The molecule has 0 spiro atoms. The number of nitriles is 1. The minimum Gasteiger partial charge on any atom is -0.438 e. The molecule has 0 aliphatic carbocycles. The second-order valence-electron chi connectivity index (χ2n) is 7.90. The Labute approximate surface area is 191 Å². The van der Waals surface area contributed by atoms with Crippen molar-refractivity contribution in [2.75, 3.05) is 13.2 Å². The second-order valence-corrected chi connectivity index (χ2v) is 7.90. The van der Waals surface area contributed by atoms with Crippen molar-refractivity contribution in [3.8, 4) is 17.7 Å². The lowest BCUT2D eigenvalue weighted by Gasteiger charge is -2.13. The summed E-state index contributed by atoms with van der Waals surface area (Å²) in [5.74, 6) is -0.0230. The molecule has 0 saturated carbocycles. The van der Waals surface area contributed by atoms with Gasteiger partial charge in [0.25, 0.3) is 11.5 Å². The number of ether oxygens (including phenoxy) is 2. The summed E-state index contributed by atoms with van der Waals surface area (Å²) in [5.41, 5.74) is 1.44. The Morgan fingerprint density at radius 1 is 1.30 bits per heavy atom. The fourth-order valence-electron chi connectivity index (χ4n) is 3.67. The molecule has 8 heteroatoms. The minimum absolute atomic E-state index is 0.0187. The van der Waals surface area contributed by atoms with Crippen LogP contribution in [0.2, 0.25) is 0 Å². The fraction of sp³-hybridized carbons (Fsp3) is 0.280. The molecular formula is C25H24N4O4. The van der Waals surface area contributed by atoms with Crippen molar-refractivity contribution in [1.82, 2.24) is 14.7 Å². The highest BCUT2D eigenvalue weighted by atomic mass is 16.5. The van der Waals surface area contributed by atoms with Crippen molar-refractivity contribution in [1.29, 1.82) is 5.26 Å². The summed E-state index contributed by atoms with van der Waals surface area (Å²) in [5, 5.41) is 12.4. The Balaban J connectivity index is 1.77. The number of hydrogen-bond donors (Lipinski definition) is 1. The Morgan fingerprint density at radius 3 is 2.82 bits per heavy atom.